The summed E-state index contributed by atoms with van der Waals surface area (Å²) in [6, 6.07) is 21.1. The van der Waals surface area contributed by atoms with E-state index in [-0.39, 0.29) is 30.6 Å². The first-order chi connectivity index (χ1) is 16.3. The molecule has 1 aliphatic heterocycles. The van der Waals surface area contributed by atoms with Crippen molar-refractivity contribution in [1.29, 1.82) is 0 Å². The summed E-state index contributed by atoms with van der Waals surface area (Å²) in [6.07, 6.45) is 2.05. The van der Waals surface area contributed by atoms with Gasteiger partial charge in [-0.1, -0.05) is 30.3 Å². The Morgan fingerprint density at radius 3 is 2.41 bits per heavy atom. The van der Waals surface area contributed by atoms with Gasteiger partial charge in [0.2, 0.25) is 5.91 Å². The molecule has 1 aromatic heterocycles. The van der Waals surface area contributed by atoms with Crippen LogP contribution in [-0.2, 0) is 11.3 Å². The Morgan fingerprint density at radius 1 is 0.971 bits per heavy atom. The average molecular weight is 461 g/mol. The van der Waals surface area contributed by atoms with Gasteiger partial charge in [-0.25, -0.2) is 4.79 Å². The zero-order chi connectivity index (χ0) is 24.2. The SMILES string of the molecule is CC(C)N(CC(=O)N1CCn2cccc2C1c1cccc(Oc2ccccc2)c1)C(=O)N(C)C. The minimum atomic E-state index is -0.265. The van der Waals surface area contributed by atoms with Crippen LogP contribution in [0.25, 0.3) is 0 Å². The van der Waals surface area contributed by atoms with Crippen LogP contribution in [0.2, 0.25) is 0 Å². The summed E-state index contributed by atoms with van der Waals surface area (Å²) in [4.78, 5) is 31.3. The van der Waals surface area contributed by atoms with Crippen LogP contribution in [0.1, 0.15) is 31.1 Å². The number of hydrogen-bond donors (Lipinski definition) is 0. The predicted molar refractivity (Wildman–Crippen MR) is 132 cm³/mol. The number of amides is 3. The lowest BCUT2D eigenvalue weighted by molar-refractivity contribution is -0.135. The number of aromatic nitrogens is 1. The molecule has 0 saturated heterocycles. The number of nitrogens with zero attached hydrogens (tertiary/aromatic N) is 4. The van der Waals surface area contributed by atoms with Crippen molar-refractivity contribution < 1.29 is 14.3 Å². The van der Waals surface area contributed by atoms with Gasteiger partial charge in [-0.2, -0.15) is 0 Å². The molecule has 4 rings (SSSR count). The molecule has 0 aliphatic carbocycles. The van der Waals surface area contributed by atoms with E-state index in [1.54, 1.807) is 19.0 Å². The zero-order valence-corrected chi connectivity index (χ0v) is 20.2. The highest BCUT2D eigenvalue weighted by atomic mass is 16.5. The number of hydrogen-bond acceptors (Lipinski definition) is 3. The Kier molecular flexibility index (Phi) is 6.91. The minimum absolute atomic E-state index is 0.0338. The minimum Gasteiger partial charge on any atom is -0.457 e. The summed E-state index contributed by atoms with van der Waals surface area (Å²) in [5.41, 5.74) is 2.02. The monoisotopic (exact) mass is 460 g/mol. The molecule has 0 spiro atoms. The summed E-state index contributed by atoms with van der Waals surface area (Å²) in [5, 5.41) is 0. The summed E-state index contributed by atoms with van der Waals surface area (Å²) >= 11 is 0. The number of rotatable bonds is 6. The van der Waals surface area contributed by atoms with Crippen molar-refractivity contribution in [1.82, 2.24) is 19.3 Å². The van der Waals surface area contributed by atoms with E-state index in [0.717, 1.165) is 17.0 Å². The average Bonchev–Trinajstić information content (AvgIpc) is 3.31. The molecule has 7 heteroatoms. The van der Waals surface area contributed by atoms with Crippen LogP contribution in [0.15, 0.2) is 72.9 Å². The Balaban J connectivity index is 1.64. The molecule has 3 aromatic rings. The van der Waals surface area contributed by atoms with Crippen LogP contribution in [0.4, 0.5) is 4.79 Å². The Bertz CT molecular complexity index is 1140. The van der Waals surface area contributed by atoms with Crippen molar-refractivity contribution in [3.8, 4) is 11.5 Å². The summed E-state index contributed by atoms with van der Waals surface area (Å²) in [6.45, 7) is 5.17. The molecule has 0 N–H and O–H groups in total. The molecule has 2 aromatic carbocycles. The molecule has 7 nitrogen and oxygen atoms in total. The van der Waals surface area contributed by atoms with E-state index in [2.05, 4.69) is 10.6 Å². The van der Waals surface area contributed by atoms with Gasteiger partial charge in [-0.3, -0.25) is 4.79 Å². The second kappa shape index (κ2) is 10.0. The molecule has 34 heavy (non-hydrogen) atoms. The first kappa shape index (κ1) is 23.4. The van der Waals surface area contributed by atoms with E-state index in [9.17, 15) is 9.59 Å². The van der Waals surface area contributed by atoms with Crippen LogP contribution in [0, 0.1) is 0 Å². The molecule has 1 atom stereocenters. The van der Waals surface area contributed by atoms with Crippen LogP contribution < -0.4 is 4.74 Å². The maximum absolute atomic E-state index is 13.6. The van der Waals surface area contributed by atoms with Crippen molar-refractivity contribution in [2.45, 2.75) is 32.5 Å². The van der Waals surface area contributed by atoms with E-state index in [1.165, 1.54) is 4.90 Å². The summed E-state index contributed by atoms with van der Waals surface area (Å²) in [5.74, 6) is 1.40. The van der Waals surface area contributed by atoms with Gasteiger partial charge in [0.25, 0.3) is 0 Å². The third-order valence-electron chi connectivity index (χ3n) is 6.07. The normalized spacial score (nSPS) is 15.1. The maximum atomic E-state index is 13.6. The van der Waals surface area contributed by atoms with Crippen molar-refractivity contribution >= 4 is 11.9 Å². The standard InChI is InChI=1S/C27H32N4O3/c1-20(2)31(27(33)28(3)4)19-25(32)30-17-16-29-15-9-14-24(29)26(30)21-10-8-13-23(18-21)34-22-11-6-5-7-12-22/h5-15,18,20,26H,16-17,19H2,1-4H3. The lowest BCUT2D eigenvalue weighted by atomic mass is 9.99. The summed E-state index contributed by atoms with van der Waals surface area (Å²) in [7, 11) is 3.41. The lowest BCUT2D eigenvalue weighted by Gasteiger charge is -2.39. The fourth-order valence-electron chi connectivity index (χ4n) is 4.34. The molecule has 0 radical (unpaired) electrons. The Hall–Kier alpha value is -3.74. The number of carbonyl (C=O) groups excluding carboxylic acids is 2. The van der Waals surface area contributed by atoms with Gasteiger partial charge < -0.3 is 24.0 Å². The van der Waals surface area contributed by atoms with E-state index < -0.39 is 0 Å². The molecule has 2 heterocycles. The number of ether oxygens (including phenoxy) is 1. The van der Waals surface area contributed by atoms with Crippen LogP contribution >= 0.6 is 0 Å². The van der Waals surface area contributed by atoms with E-state index >= 15 is 0 Å². The van der Waals surface area contributed by atoms with Crippen molar-refractivity contribution in [2.75, 3.05) is 27.2 Å². The largest absolute Gasteiger partial charge is 0.457 e. The fourth-order valence-corrected chi connectivity index (χ4v) is 4.34. The molecule has 0 saturated carbocycles. The first-order valence-electron chi connectivity index (χ1n) is 11.6. The third kappa shape index (κ3) is 4.93. The van der Waals surface area contributed by atoms with Gasteiger partial charge in [-0.15, -0.1) is 0 Å². The number of carbonyl (C=O) groups is 2. The maximum Gasteiger partial charge on any atom is 0.320 e. The van der Waals surface area contributed by atoms with E-state index in [4.69, 9.17) is 4.74 Å². The quantitative estimate of drug-likeness (QED) is 0.540. The van der Waals surface area contributed by atoms with E-state index in [0.29, 0.717) is 18.8 Å². The van der Waals surface area contributed by atoms with Gasteiger partial charge in [0, 0.05) is 45.1 Å². The van der Waals surface area contributed by atoms with Crippen molar-refractivity contribution in [3.63, 3.8) is 0 Å². The Labute approximate surface area is 201 Å². The molecule has 1 unspecified atom stereocenters. The number of fused-ring (bicyclic) bond motifs is 1. The topological polar surface area (TPSA) is 58.0 Å². The second-order valence-electron chi connectivity index (χ2n) is 9.00. The highest BCUT2D eigenvalue weighted by Crippen LogP contribution is 2.35. The predicted octanol–water partition coefficient (Wildman–Crippen LogP) is 4.60. The van der Waals surface area contributed by atoms with Gasteiger partial charge in [0.15, 0.2) is 0 Å². The van der Waals surface area contributed by atoms with Gasteiger partial charge >= 0.3 is 6.03 Å². The smallest absolute Gasteiger partial charge is 0.320 e. The zero-order valence-electron chi connectivity index (χ0n) is 20.2. The van der Waals surface area contributed by atoms with Crippen molar-refractivity contribution in [2.24, 2.45) is 0 Å². The Morgan fingerprint density at radius 2 is 1.71 bits per heavy atom. The van der Waals surface area contributed by atoms with E-state index in [1.807, 2.05) is 85.6 Å². The second-order valence-corrected chi connectivity index (χ2v) is 9.00. The molecule has 1 aliphatic rings. The van der Waals surface area contributed by atoms with Crippen LogP contribution in [0.3, 0.4) is 0 Å². The highest BCUT2D eigenvalue weighted by molar-refractivity contribution is 5.85. The molecular formula is C27H32N4O3. The van der Waals surface area contributed by atoms with Gasteiger partial charge in [-0.05, 0) is 55.8 Å². The molecular weight excluding hydrogens is 428 g/mol. The molecule has 3 amide bonds. The number of benzene rings is 2. The molecule has 0 bridgehead atoms. The number of para-hydroxylation sites is 1. The summed E-state index contributed by atoms with van der Waals surface area (Å²) < 4.78 is 8.25. The fraction of sp³-hybridized carbons (Fsp3) is 0.333. The lowest BCUT2D eigenvalue weighted by Crippen LogP contribution is -2.51. The molecule has 178 valence electrons. The third-order valence-corrected chi connectivity index (χ3v) is 6.07. The van der Waals surface area contributed by atoms with Crippen LogP contribution in [0.5, 0.6) is 11.5 Å². The van der Waals surface area contributed by atoms with Crippen molar-refractivity contribution in [3.05, 3.63) is 84.2 Å². The number of urea groups is 1. The highest BCUT2D eigenvalue weighted by Gasteiger charge is 2.34. The van der Waals surface area contributed by atoms with Gasteiger partial charge in [0.1, 0.15) is 18.0 Å². The first-order valence-corrected chi connectivity index (χ1v) is 11.6. The van der Waals surface area contributed by atoms with Gasteiger partial charge in [0.05, 0.1) is 6.04 Å². The van der Waals surface area contributed by atoms with Crippen LogP contribution in [-0.4, -0.2) is 64.4 Å². The molecule has 0 fully saturated rings.